The van der Waals surface area contributed by atoms with Gasteiger partial charge in [0.05, 0.1) is 0 Å². The monoisotopic (exact) mass is 210 g/mol. The van der Waals surface area contributed by atoms with E-state index < -0.39 is 0 Å². The van der Waals surface area contributed by atoms with Gasteiger partial charge in [-0.15, -0.1) is 0 Å². The van der Waals surface area contributed by atoms with Crippen LogP contribution >= 0.6 is 0 Å². The highest BCUT2D eigenvalue weighted by molar-refractivity contribution is 4.89. The molecule has 2 nitrogen and oxygen atoms in total. The predicted octanol–water partition coefficient (Wildman–Crippen LogP) is 2.10. The quantitative estimate of drug-likeness (QED) is 0.751. The largest absolute Gasteiger partial charge is 0.317 e. The van der Waals surface area contributed by atoms with E-state index in [0.29, 0.717) is 0 Å². The Kier molecular flexibility index (Phi) is 3.68. The highest BCUT2D eigenvalue weighted by atomic mass is 15.2. The number of rotatable bonds is 2. The second-order valence-corrected chi connectivity index (χ2v) is 5.85. The molecule has 2 aliphatic rings. The molecular weight excluding hydrogens is 184 g/mol. The van der Waals surface area contributed by atoms with E-state index >= 15 is 0 Å². The lowest BCUT2D eigenvalue weighted by atomic mass is 9.90. The minimum absolute atomic E-state index is 0.780. The number of nitrogens with one attached hydrogen (secondary N) is 1. The number of hydrogen-bond donors (Lipinski definition) is 1. The number of piperidine rings is 1. The molecule has 0 spiro atoms. The summed E-state index contributed by atoms with van der Waals surface area (Å²) in [6.45, 7) is 7.50. The van der Waals surface area contributed by atoms with E-state index in [2.05, 4.69) is 31.1 Å². The van der Waals surface area contributed by atoms with E-state index in [-0.39, 0.29) is 0 Å². The minimum atomic E-state index is 0.780. The van der Waals surface area contributed by atoms with E-state index in [4.69, 9.17) is 0 Å². The molecule has 0 radical (unpaired) electrons. The molecule has 1 aliphatic carbocycles. The lowest BCUT2D eigenvalue weighted by Crippen LogP contribution is -2.44. The Bertz CT molecular complexity index is 195. The number of hydrogen-bond acceptors (Lipinski definition) is 2. The highest BCUT2D eigenvalue weighted by Gasteiger charge is 2.32. The topological polar surface area (TPSA) is 15.3 Å². The first kappa shape index (κ1) is 11.4. The standard InChI is InChI=1S/C13H26N2/c1-10-6-11(2)9-15(8-10)13-5-4-12(7-13)14-3/h10-14H,4-9H2,1-3H3. The zero-order valence-electron chi connectivity index (χ0n) is 10.5. The maximum Gasteiger partial charge on any atom is 0.0111 e. The molecule has 0 aromatic heterocycles. The van der Waals surface area contributed by atoms with E-state index in [0.717, 1.165) is 23.9 Å². The average Bonchev–Trinajstić information content (AvgIpc) is 2.64. The van der Waals surface area contributed by atoms with E-state index in [1.807, 2.05) is 0 Å². The SMILES string of the molecule is CNC1CCC(N2CC(C)CC(C)C2)C1. The fourth-order valence-corrected chi connectivity index (χ4v) is 3.56. The summed E-state index contributed by atoms with van der Waals surface area (Å²) in [5.74, 6) is 1.81. The van der Waals surface area contributed by atoms with Gasteiger partial charge in [-0.05, 0) is 44.6 Å². The third-order valence-electron chi connectivity index (χ3n) is 4.23. The van der Waals surface area contributed by atoms with E-state index in [1.165, 1.54) is 38.8 Å². The van der Waals surface area contributed by atoms with Gasteiger partial charge in [0.2, 0.25) is 0 Å². The first-order chi connectivity index (χ1) is 7.19. The molecule has 2 rings (SSSR count). The lowest BCUT2D eigenvalue weighted by molar-refractivity contribution is 0.0967. The fraction of sp³-hybridized carbons (Fsp3) is 1.00. The lowest BCUT2D eigenvalue weighted by Gasteiger charge is -2.39. The second-order valence-electron chi connectivity index (χ2n) is 5.85. The molecule has 4 unspecified atom stereocenters. The summed E-state index contributed by atoms with van der Waals surface area (Å²) >= 11 is 0. The van der Waals surface area contributed by atoms with Crippen LogP contribution in [-0.2, 0) is 0 Å². The van der Waals surface area contributed by atoms with E-state index in [9.17, 15) is 0 Å². The molecule has 1 saturated carbocycles. The summed E-state index contributed by atoms with van der Waals surface area (Å²) in [6.07, 6.45) is 5.58. The van der Waals surface area contributed by atoms with Crippen molar-refractivity contribution in [1.29, 1.82) is 0 Å². The first-order valence-electron chi connectivity index (χ1n) is 6.60. The van der Waals surface area contributed by atoms with Crippen molar-refractivity contribution in [3.63, 3.8) is 0 Å². The molecule has 88 valence electrons. The maximum atomic E-state index is 3.43. The maximum absolute atomic E-state index is 3.43. The van der Waals surface area contributed by atoms with Gasteiger partial charge in [-0.3, -0.25) is 4.90 Å². The van der Waals surface area contributed by atoms with Crippen molar-refractivity contribution in [2.45, 2.75) is 51.6 Å². The second kappa shape index (κ2) is 4.84. The van der Waals surface area contributed by atoms with Gasteiger partial charge in [0.1, 0.15) is 0 Å². The molecular formula is C13H26N2. The Morgan fingerprint density at radius 1 is 1.00 bits per heavy atom. The van der Waals surface area contributed by atoms with Crippen molar-refractivity contribution in [2.24, 2.45) is 11.8 Å². The molecule has 0 aromatic rings. The van der Waals surface area contributed by atoms with Crippen molar-refractivity contribution < 1.29 is 0 Å². The van der Waals surface area contributed by atoms with Crippen LogP contribution < -0.4 is 5.32 Å². The molecule has 2 heteroatoms. The van der Waals surface area contributed by atoms with Crippen LogP contribution in [0.4, 0.5) is 0 Å². The average molecular weight is 210 g/mol. The van der Waals surface area contributed by atoms with Crippen LogP contribution in [0.5, 0.6) is 0 Å². The van der Waals surface area contributed by atoms with Crippen LogP contribution in [0.25, 0.3) is 0 Å². The molecule has 1 N–H and O–H groups in total. The van der Waals surface area contributed by atoms with Gasteiger partial charge in [-0.1, -0.05) is 13.8 Å². The van der Waals surface area contributed by atoms with Crippen LogP contribution in [0.3, 0.4) is 0 Å². The van der Waals surface area contributed by atoms with Gasteiger partial charge >= 0.3 is 0 Å². The molecule has 1 saturated heterocycles. The molecule has 15 heavy (non-hydrogen) atoms. The molecule has 4 atom stereocenters. The van der Waals surface area contributed by atoms with Crippen molar-refractivity contribution in [2.75, 3.05) is 20.1 Å². The summed E-state index contributed by atoms with van der Waals surface area (Å²) < 4.78 is 0. The zero-order valence-corrected chi connectivity index (χ0v) is 10.5. The molecule has 0 bridgehead atoms. The fourth-order valence-electron chi connectivity index (χ4n) is 3.56. The Labute approximate surface area is 94.4 Å². The Morgan fingerprint density at radius 2 is 1.67 bits per heavy atom. The van der Waals surface area contributed by atoms with Crippen LogP contribution in [0.2, 0.25) is 0 Å². The van der Waals surface area contributed by atoms with Crippen LogP contribution in [0.1, 0.15) is 39.5 Å². The third kappa shape index (κ3) is 2.73. The number of likely N-dealkylation sites (tertiary alicyclic amines) is 1. The van der Waals surface area contributed by atoms with Gasteiger partial charge in [-0.25, -0.2) is 0 Å². The van der Waals surface area contributed by atoms with Gasteiger partial charge in [0.15, 0.2) is 0 Å². The molecule has 2 fully saturated rings. The Morgan fingerprint density at radius 3 is 2.20 bits per heavy atom. The summed E-state index contributed by atoms with van der Waals surface area (Å²) in [7, 11) is 2.11. The third-order valence-corrected chi connectivity index (χ3v) is 4.23. The summed E-state index contributed by atoms with van der Waals surface area (Å²) in [5, 5.41) is 3.43. The van der Waals surface area contributed by atoms with Crippen molar-refractivity contribution in [3.8, 4) is 0 Å². The molecule has 1 aliphatic heterocycles. The summed E-state index contributed by atoms with van der Waals surface area (Å²) in [5.41, 5.74) is 0. The predicted molar refractivity (Wildman–Crippen MR) is 65.0 cm³/mol. The normalized spacial score (nSPS) is 43.4. The highest BCUT2D eigenvalue weighted by Crippen LogP contribution is 2.29. The van der Waals surface area contributed by atoms with Crippen molar-refractivity contribution in [3.05, 3.63) is 0 Å². The van der Waals surface area contributed by atoms with Crippen molar-refractivity contribution in [1.82, 2.24) is 10.2 Å². The first-order valence-corrected chi connectivity index (χ1v) is 6.60. The molecule has 0 aromatic carbocycles. The van der Waals surface area contributed by atoms with Crippen LogP contribution in [0.15, 0.2) is 0 Å². The van der Waals surface area contributed by atoms with Gasteiger partial charge in [-0.2, -0.15) is 0 Å². The number of nitrogens with zero attached hydrogens (tertiary/aromatic N) is 1. The Hall–Kier alpha value is -0.0800. The van der Waals surface area contributed by atoms with Gasteiger partial charge in [0, 0.05) is 25.2 Å². The summed E-state index contributed by atoms with van der Waals surface area (Å²) in [6, 6.07) is 1.65. The minimum Gasteiger partial charge on any atom is -0.317 e. The molecule has 0 amide bonds. The molecule has 1 heterocycles. The Balaban J connectivity index is 1.88. The van der Waals surface area contributed by atoms with E-state index in [1.54, 1.807) is 0 Å². The zero-order chi connectivity index (χ0) is 10.8. The van der Waals surface area contributed by atoms with Crippen LogP contribution in [-0.4, -0.2) is 37.1 Å². The summed E-state index contributed by atoms with van der Waals surface area (Å²) in [4.78, 5) is 2.76. The smallest absolute Gasteiger partial charge is 0.0111 e. The van der Waals surface area contributed by atoms with Gasteiger partial charge in [0.25, 0.3) is 0 Å². The van der Waals surface area contributed by atoms with Crippen molar-refractivity contribution >= 4 is 0 Å². The van der Waals surface area contributed by atoms with Crippen LogP contribution in [0, 0.1) is 11.8 Å². The van der Waals surface area contributed by atoms with Gasteiger partial charge < -0.3 is 5.32 Å².